The van der Waals surface area contributed by atoms with Crippen LogP contribution in [0, 0.1) is 0 Å². The van der Waals surface area contributed by atoms with Gasteiger partial charge in [-0.2, -0.15) is 0 Å². The molecule has 0 saturated heterocycles. The molecule has 0 aliphatic rings. The van der Waals surface area contributed by atoms with Crippen molar-refractivity contribution in [3.63, 3.8) is 0 Å². The van der Waals surface area contributed by atoms with E-state index in [-0.39, 0.29) is 19.2 Å². The van der Waals surface area contributed by atoms with Crippen LogP contribution in [0.2, 0.25) is 0 Å². The van der Waals surface area contributed by atoms with Crippen molar-refractivity contribution in [3.8, 4) is 0 Å². The Morgan fingerprint density at radius 3 is 2.58 bits per heavy atom. The van der Waals surface area contributed by atoms with E-state index in [1.54, 1.807) is 24.3 Å². The first-order chi connectivity index (χ1) is 9.24. The van der Waals surface area contributed by atoms with Gasteiger partial charge in [0, 0.05) is 0 Å². The highest BCUT2D eigenvalue weighted by Crippen LogP contribution is 2.00. The number of esters is 2. The number of hydrogen-bond acceptors (Lipinski definition) is 5. The maximum atomic E-state index is 11.5. The smallest absolute Gasteiger partial charge is 0.339 e. The van der Waals surface area contributed by atoms with Gasteiger partial charge >= 0.3 is 11.9 Å². The third-order valence-electron chi connectivity index (χ3n) is 2.35. The topological polar surface area (TPSA) is 64.6 Å². The molecule has 1 N–H and O–H groups in total. The van der Waals surface area contributed by atoms with E-state index in [0.29, 0.717) is 12.2 Å². The number of ether oxygens (including phenoxy) is 2. The predicted molar refractivity (Wildman–Crippen MR) is 70.6 cm³/mol. The van der Waals surface area contributed by atoms with E-state index in [2.05, 4.69) is 5.32 Å². The van der Waals surface area contributed by atoms with Gasteiger partial charge in [0.25, 0.3) is 0 Å². The average molecular weight is 265 g/mol. The van der Waals surface area contributed by atoms with Crippen LogP contribution < -0.4 is 5.32 Å². The van der Waals surface area contributed by atoms with Crippen LogP contribution in [0.5, 0.6) is 0 Å². The zero-order valence-electron chi connectivity index (χ0n) is 11.1. The number of benzene rings is 1. The Kier molecular flexibility index (Phi) is 7.27. The molecule has 0 bridgehead atoms. The van der Waals surface area contributed by atoms with E-state index in [0.717, 1.165) is 12.8 Å². The summed E-state index contributed by atoms with van der Waals surface area (Å²) in [4.78, 5) is 22.7. The lowest BCUT2D eigenvalue weighted by Crippen LogP contribution is -2.28. The normalized spacial score (nSPS) is 9.95. The van der Waals surface area contributed by atoms with Gasteiger partial charge in [0.05, 0.1) is 18.7 Å². The minimum Gasteiger partial charge on any atom is -0.465 e. The molecule has 0 aliphatic heterocycles. The molecule has 0 spiro atoms. The highest BCUT2D eigenvalue weighted by molar-refractivity contribution is 5.89. The van der Waals surface area contributed by atoms with Crippen molar-refractivity contribution >= 4 is 11.9 Å². The average Bonchev–Trinajstić information content (AvgIpc) is 2.44. The van der Waals surface area contributed by atoms with Gasteiger partial charge in [0.15, 0.2) is 0 Å². The first-order valence-corrected chi connectivity index (χ1v) is 6.32. The second kappa shape index (κ2) is 9.10. The van der Waals surface area contributed by atoms with Crippen LogP contribution in [0.1, 0.15) is 30.1 Å². The standard InChI is InChI=1S/C14H19NO4/c1-2-3-9-18-13(16)10-15-11-19-14(17)12-7-5-4-6-8-12/h4-8,15H,2-3,9-11H2,1H3. The highest BCUT2D eigenvalue weighted by atomic mass is 16.5. The second-order valence-corrected chi connectivity index (χ2v) is 3.94. The molecule has 0 aliphatic carbocycles. The van der Waals surface area contributed by atoms with Crippen LogP contribution in [-0.4, -0.2) is 31.8 Å². The van der Waals surface area contributed by atoms with Crippen molar-refractivity contribution in [2.24, 2.45) is 0 Å². The molecule has 5 nitrogen and oxygen atoms in total. The van der Waals surface area contributed by atoms with Crippen molar-refractivity contribution in [1.82, 2.24) is 5.32 Å². The Balaban J connectivity index is 2.11. The van der Waals surface area contributed by atoms with Crippen molar-refractivity contribution in [2.75, 3.05) is 19.9 Å². The number of unbranched alkanes of at least 4 members (excludes halogenated alkanes) is 1. The van der Waals surface area contributed by atoms with Crippen LogP contribution >= 0.6 is 0 Å². The molecule has 5 heteroatoms. The van der Waals surface area contributed by atoms with Crippen molar-refractivity contribution in [1.29, 1.82) is 0 Å². The lowest BCUT2D eigenvalue weighted by molar-refractivity contribution is -0.142. The summed E-state index contributed by atoms with van der Waals surface area (Å²) in [6.07, 6.45) is 1.84. The monoisotopic (exact) mass is 265 g/mol. The number of hydrogen-bond donors (Lipinski definition) is 1. The minimum atomic E-state index is -0.424. The lowest BCUT2D eigenvalue weighted by Gasteiger charge is -2.07. The van der Waals surface area contributed by atoms with Gasteiger partial charge < -0.3 is 9.47 Å². The Bertz CT molecular complexity index is 392. The van der Waals surface area contributed by atoms with Crippen LogP contribution in [0.4, 0.5) is 0 Å². The summed E-state index contributed by atoms with van der Waals surface area (Å²) in [7, 11) is 0. The van der Waals surface area contributed by atoms with Gasteiger partial charge in [-0.15, -0.1) is 0 Å². The molecule has 1 aromatic carbocycles. The Hall–Kier alpha value is -1.88. The molecule has 19 heavy (non-hydrogen) atoms. The number of nitrogens with one attached hydrogen (secondary N) is 1. The maximum Gasteiger partial charge on any atom is 0.339 e. The summed E-state index contributed by atoms with van der Waals surface area (Å²) in [6, 6.07) is 8.67. The van der Waals surface area contributed by atoms with Gasteiger partial charge in [-0.1, -0.05) is 31.5 Å². The van der Waals surface area contributed by atoms with E-state index in [9.17, 15) is 9.59 Å². The van der Waals surface area contributed by atoms with E-state index in [1.165, 1.54) is 0 Å². The Morgan fingerprint density at radius 1 is 1.16 bits per heavy atom. The lowest BCUT2D eigenvalue weighted by atomic mass is 10.2. The van der Waals surface area contributed by atoms with Crippen molar-refractivity contribution < 1.29 is 19.1 Å². The molecule has 0 fully saturated rings. The summed E-state index contributed by atoms with van der Waals surface area (Å²) in [5.74, 6) is -0.767. The van der Waals surface area contributed by atoms with Crippen LogP contribution in [0.15, 0.2) is 30.3 Å². The largest absolute Gasteiger partial charge is 0.465 e. The first-order valence-electron chi connectivity index (χ1n) is 6.32. The zero-order valence-corrected chi connectivity index (χ0v) is 11.1. The van der Waals surface area contributed by atoms with E-state index in [1.807, 2.05) is 13.0 Å². The molecule has 0 unspecified atom stereocenters. The van der Waals surface area contributed by atoms with Gasteiger partial charge in [-0.3, -0.25) is 10.1 Å². The molecule has 1 rings (SSSR count). The summed E-state index contributed by atoms with van der Waals surface area (Å²) in [6.45, 7) is 2.47. The molecule has 0 saturated carbocycles. The fraction of sp³-hybridized carbons (Fsp3) is 0.429. The number of carbonyl (C=O) groups is 2. The molecule has 0 aromatic heterocycles. The van der Waals surface area contributed by atoms with Crippen LogP contribution in [0.25, 0.3) is 0 Å². The summed E-state index contributed by atoms with van der Waals surface area (Å²) < 4.78 is 9.88. The SMILES string of the molecule is CCCCOC(=O)CNCOC(=O)c1ccccc1. The summed E-state index contributed by atoms with van der Waals surface area (Å²) >= 11 is 0. The highest BCUT2D eigenvalue weighted by Gasteiger charge is 2.06. The summed E-state index contributed by atoms with van der Waals surface area (Å²) in [5, 5.41) is 2.70. The Morgan fingerprint density at radius 2 is 1.89 bits per heavy atom. The van der Waals surface area contributed by atoms with Gasteiger partial charge in [0.1, 0.15) is 6.73 Å². The molecule has 0 amide bonds. The van der Waals surface area contributed by atoms with E-state index >= 15 is 0 Å². The molecular weight excluding hydrogens is 246 g/mol. The van der Waals surface area contributed by atoms with Crippen LogP contribution in [-0.2, 0) is 14.3 Å². The van der Waals surface area contributed by atoms with Crippen LogP contribution in [0.3, 0.4) is 0 Å². The maximum absolute atomic E-state index is 11.5. The van der Waals surface area contributed by atoms with E-state index in [4.69, 9.17) is 9.47 Å². The van der Waals surface area contributed by atoms with E-state index < -0.39 is 5.97 Å². The minimum absolute atomic E-state index is 0.0173. The second-order valence-electron chi connectivity index (χ2n) is 3.94. The van der Waals surface area contributed by atoms with Crippen molar-refractivity contribution in [2.45, 2.75) is 19.8 Å². The van der Waals surface area contributed by atoms with Gasteiger partial charge in [-0.05, 0) is 18.6 Å². The summed E-state index contributed by atoms with van der Waals surface area (Å²) in [5.41, 5.74) is 0.481. The molecule has 0 atom stereocenters. The van der Waals surface area contributed by atoms with Gasteiger partial charge in [-0.25, -0.2) is 4.79 Å². The van der Waals surface area contributed by atoms with Crippen molar-refractivity contribution in [3.05, 3.63) is 35.9 Å². The molecule has 1 aromatic rings. The quantitative estimate of drug-likeness (QED) is 0.440. The molecule has 104 valence electrons. The Labute approximate surface area is 112 Å². The molecule has 0 heterocycles. The predicted octanol–water partition coefficient (Wildman–Crippen LogP) is 1.73. The van der Waals surface area contributed by atoms with Gasteiger partial charge in [0.2, 0.25) is 0 Å². The fourth-order valence-corrected chi connectivity index (χ4v) is 1.31. The first kappa shape index (κ1) is 15.2. The number of carbonyl (C=O) groups excluding carboxylic acids is 2. The third kappa shape index (κ3) is 6.57. The number of rotatable bonds is 8. The third-order valence-corrected chi connectivity index (χ3v) is 2.35. The fourth-order valence-electron chi connectivity index (χ4n) is 1.31. The molecule has 0 radical (unpaired) electrons. The zero-order chi connectivity index (χ0) is 13.9. The molecular formula is C14H19NO4.